The summed E-state index contributed by atoms with van der Waals surface area (Å²) in [5.74, 6) is 13.7. The summed E-state index contributed by atoms with van der Waals surface area (Å²) in [6, 6.07) is 22.1. The van der Waals surface area contributed by atoms with Gasteiger partial charge in [0.1, 0.15) is 5.75 Å². The Morgan fingerprint density at radius 3 is 1.77 bits per heavy atom. The molecule has 0 saturated heterocycles. The Balaban J connectivity index is 1.78. The van der Waals surface area contributed by atoms with E-state index in [0.29, 0.717) is 0 Å². The summed E-state index contributed by atoms with van der Waals surface area (Å²) in [7, 11) is 1.66. The molecule has 0 saturated carbocycles. The summed E-state index contributed by atoms with van der Waals surface area (Å²) in [5, 5.41) is 0. The number of rotatable bonds is 1. The highest BCUT2D eigenvalue weighted by atomic mass is 16.5. The summed E-state index contributed by atoms with van der Waals surface area (Å²) in [4.78, 5) is 0. The highest BCUT2D eigenvalue weighted by Crippen LogP contribution is 2.12. The van der Waals surface area contributed by atoms with Crippen molar-refractivity contribution in [2.45, 2.75) is 13.8 Å². The zero-order chi connectivity index (χ0) is 18.4. The van der Waals surface area contributed by atoms with Crippen molar-refractivity contribution >= 4 is 0 Å². The highest BCUT2D eigenvalue weighted by Gasteiger charge is 1.97. The van der Waals surface area contributed by atoms with Gasteiger partial charge in [-0.25, -0.2) is 0 Å². The Morgan fingerprint density at radius 2 is 1.15 bits per heavy atom. The molecule has 126 valence electrons. The highest BCUT2D eigenvalue weighted by molar-refractivity contribution is 5.51. The third kappa shape index (κ3) is 4.56. The number of methoxy groups -OCH3 is 1. The molecular formula is C25H20O. The number of hydrogen-bond acceptors (Lipinski definition) is 1. The van der Waals surface area contributed by atoms with E-state index in [1.165, 1.54) is 5.56 Å². The first-order valence-electron chi connectivity index (χ1n) is 8.49. The van der Waals surface area contributed by atoms with Crippen LogP contribution in [0.4, 0.5) is 0 Å². The van der Waals surface area contributed by atoms with E-state index in [1.807, 2.05) is 48.5 Å². The van der Waals surface area contributed by atoms with Gasteiger partial charge in [-0.3, -0.25) is 0 Å². The number of benzene rings is 3. The lowest BCUT2D eigenvalue weighted by atomic mass is 10.0. The van der Waals surface area contributed by atoms with Crippen LogP contribution in [0, 0.1) is 37.5 Å². The molecule has 1 nitrogen and oxygen atoms in total. The van der Waals surface area contributed by atoms with Crippen LogP contribution in [0.5, 0.6) is 5.75 Å². The number of ether oxygens (including phenoxy) is 1. The molecule has 26 heavy (non-hydrogen) atoms. The minimum Gasteiger partial charge on any atom is -0.497 e. The quantitative estimate of drug-likeness (QED) is 0.561. The van der Waals surface area contributed by atoms with Crippen molar-refractivity contribution in [2.24, 2.45) is 0 Å². The van der Waals surface area contributed by atoms with E-state index in [1.54, 1.807) is 7.11 Å². The van der Waals surface area contributed by atoms with E-state index < -0.39 is 0 Å². The molecular weight excluding hydrogens is 316 g/mol. The Morgan fingerprint density at radius 1 is 0.615 bits per heavy atom. The Hall–Kier alpha value is -3.42. The Kier molecular flexibility index (Phi) is 5.43. The lowest BCUT2D eigenvalue weighted by Gasteiger charge is -2.00. The lowest BCUT2D eigenvalue weighted by molar-refractivity contribution is 0.415. The van der Waals surface area contributed by atoms with Crippen LogP contribution in [0.1, 0.15) is 33.4 Å². The van der Waals surface area contributed by atoms with Crippen LogP contribution in [0.25, 0.3) is 0 Å². The molecule has 0 aromatic heterocycles. The van der Waals surface area contributed by atoms with Crippen LogP contribution in [0.3, 0.4) is 0 Å². The second kappa shape index (κ2) is 8.11. The van der Waals surface area contributed by atoms with Crippen LogP contribution in [0.15, 0.2) is 66.7 Å². The summed E-state index contributed by atoms with van der Waals surface area (Å²) in [5.41, 5.74) is 6.37. The molecule has 0 fully saturated rings. The fourth-order valence-corrected chi connectivity index (χ4v) is 2.48. The molecule has 3 rings (SSSR count). The van der Waals surface area contributed by atoms with Crippen LogP contribution >= 0.6 is 0 Å². The first-order valence-corrected chi connectivity index (χ1v) is 8.49. The fraction of sp³-hybridized carbons (Fsp3) is 0.120. The average molecular weight is 336 g/mol. The second-order valence-corrected chi connectivity index (χ2v) is 6.12. The Bertz CT molecular complexity index is 1020. The average Bonchev–Trinajstić information content (AvgIpc) is 2.67. The molecule has 1 heteroatoms. The monoisotopic (exact) mass is 336 g/mol. The molecule has 0 unspecified atom stereocenters. The second-order valence-electron chi connectivity index (χ2n) is 6.12. The zero-order valence-corrected chi connectivity index (χ0v) is 15.3. The van der Waals surface area contributed by atoms with Crippen molar-refractivity contribution < 1.29 is 4.74 Å². The first kappa shape index (κ1) is 17.4. The van der Waals surface area contributed by atoms with Gasteiger partial charge in [-0.2, -0.15) is 0 Å². The van der Waals surface area contributed by atoms with Crippen LogP contribution in [-0.4, -0.2) is 7.11 Å². The standard InChI is InChI=1S/C25H20O/c1-19-4-6-21(7-5-19)8-9-23-11-15-24(20(2)18-23)14-10-22-12-16-25(26-3)17-13-22/h4-7,11-13,15-18H,1-3H3. The van der Waals surface area contributed by atoms with Gasteiger partial charge in [0.15, 0.2) is 0 Å². The lowest BCUT2D eigenvalue weighted by Crippen LogP contribution is -1.85. The molecule has 0 bridgehead atoms. The summed E-state index contributed by atoms with van der Waals surface area (Å²) < 4.78 is 5.16. The minimum absolute atomic E-state index is 0.836. The SMILES string of the molecule is COc1ccc(C#Cc2ccc(C#Cc3ccc(C)cc3)cc2C)cc1. The van der Waals surface area contributed by atoms with Crippen molar-refractivity contribution in [1.29, 1.82) is 0 Å². The maximum Gasteiger partial charge on any atom is 0.118 e. The molecule has 3 aromatic rings. The van der Waals surface area contributed by atoms with Crippen LogP contribution in [0.2, 0.25) is 0 Å². The smallest absolute Gasteiger partial charge is 0.118 e. The molecule has 0 N–H and O–H groups in total. The summed E-state index contributed by atoms with van der Waals surface area (Å²) in [6.45, 7) is 4.14. The van der Waals surface area contributed by atoms with Crippen molar-refractivity contribution in [3.05, 3.63) is 100 Å². The van der Waals surface area contributed by atoms with Crippen molar-refractivity contribution in [1.82, 2.24) is 0 Å². The van der Waals surface area contributed by atoms with Gasteiger partial charge < -0.3 is 4.74 Å². The van der Waals surface area contributed by atoms with E-state index >= 15 is 0 Å². The van der Waals surface area contributed by atoms with Gasteiger partial charge in [-0.1, -0.05) is 41.4 Å². The largest absolute Gasteiger partial charge is 0.497 e. The predicted molar refractivity (Wildman–Crippen MR) is 107 cm³/mol. The third-order valence-electron chi connectivity index (χ3n) is 4.06. The van der Waals surface area contributed by atoms with Gasteiger partial charge in [-0.05, 0) is 74.0 Å². The normalized spacial score (nSPS) is 9.50. The number of hydrogen-bond donors (Lipinski definition) is 0. The maximum atomic E-state index is 5.16. The first-order chi connectivity index (χ1) is 12.6. The zero-order valence-electron chi connectivity index (χ0n) is 15.3. The Labute approximate surface area is 155 Å². The van der Waals surface area contributed by atoms with Gasteiger partial charge >= 0.3 is 0 Å². The molecule has 0 heterocycles. The number of aryl methyl sites for hydroxylation is 2. The molecule has 0 spiro atoms. The van der Waals surface area contributed by atoms with Gasteiger partial charge in [-0.15, -0.1) is 0 Å². The molecule has 0 aliphatic rings. The molecule has 0 amide bonds. The molecule has 0 aliphatic heterocycles. The molecule has 3 aromatic carbocycles. The van der Waals surface area contributed by atoms with E-state index in [4.69, 9.17) is 4.74 Å². The fourth-order valence-electron chi connectivity index (χ4n) is 2.48. The molecule has 0 atom stereocenters. The minimum atomic E-state index is 0.836. The van der Waals surface area contributed by atoms with E-state index in [2.05, 4.69) is 55.7 Å². The van der Waals surface area contributed by atoms with E-state index in [9.17, 15) is 0 Å². The van der Waals surface area contributed by atoms with E-state index in [-0.39, 0.29) is 0 Å². The van der Waals surface area contributed by atoms with Crippen molar-refractivity contribution in [2.75, 3.05) is 7.11 Å². The van der Waals surface area contributed by atoms with E-state index in [0.717, 1.165) is 33.6 Å². The molecule has 0 radical (unpaired) electrons. The maximum absolute atomic E-state index is 5.16. The van der Waals surface area contributed by atoms with Gasteiger partial charge in [0.05, 0.1) is 7.11 Å². The topological polar surface area (TPSA) is 9.23 Å². The van der Waals surface area contributed by atoms with Crippen LogP contribution < -0.4 is 4.74 Å². The summed E-state index contributed by atoms with van der Waals surface area (Å²) in [6.07, 6.45) is 0. The van der Waals surface area contributed by atoms with Crippen LogP contribution in [-0.2, 0) is 0 Å². The van der Waals surface area contributed by atoms with Gasteiger partial charge in [0.25, 0.3) is 0 Å². The molecule has 0 aliphatic carbocycles. The van der Waals surface area contributed by atoms with Crippen molar-refractivity contribution in [3.63, 3.8) is 0 Å². The summed E-state index contributed by atoms with van der Waals surface area (Å²) >= 11 is 0. The third-order valence-corrected chi connectivity index (χ3v) is 4.06. The van der Waals surface area contributed by atoms with Gasteiger partial charge in [0, 0.05) is 22.3 Å². The predicted octanol–water partition coefficient (Wildman–Crippen LogP) is 5.11. The van der Waals surface area contributed by atoms with Gasteiger partial charge in [0.2, 0.25) is 0 Å². The van der Waals surface area contributed by atoms with Crippen molar-refractivity contribution in [3.8, 4) is 29.4 Å².